The van der Waals surface area contributed by atoms with E-state index in [1.165, 1.54) is 6.07 Å². The van der Waals surface area contributed by atoms with Crippen molar-refractivity contribution in [2.24, 2.45) is 0 Å². The molecule has 2 aromatic rings. The number of hydrogen-bond donors (Lipinski definition) is 1. The SMILES string of the molecule is CCCNCc1ccc(Cl)cc1Oc1ccc(Br)c(F)c1. The van der Waals surface area contributed by atoms with E-state index in [0.717, 1.165) is 18.5 Å². The number of halogens is 3. The smallest absolute Gasteiger partial charge is 0.141 e. The molecule has 0 fully saturated rings. The van der Waals surface area contributed by atoms with E-state index in [0.29, 0.717) is 27.5 Å². The van der Waals surface area contributed by atoms with Gasteiger partial charge in [-0.25, -0.2) is 4.39 Å². The summed E-state index contributed by atoms with van der Waals surface area (Å²) in [4.78, 5) is 0. The van der Waals surface area contributed by atoms with Crippen molar-refractivity contribution in [1.82, 2.24) is 5.32 Å². The molecule has 0 unspecified atom stereocenters. The van der Waals surface area contributed by atoms with Crippen molar-refractivity contribution in [2.75, 3.05) is 6.54 Å². The molecule has 0 atom stereocenters. The Kier molecular flexibility index (Phi) is 6.03. The Morgan fingerprint density at radius 3 is 2.76 bits per heavy atom. The molecule has 2 rings (SSSR count). The fraction of sp³-hybridized carbons (Fsp3) is 0.250. The van der Waals surface area contributed by atoms with Crippen molar-refractivity contribution in [3.63, 3.8) is 0 Å². The van der Waals surface area contributed by atoms with E-state index in [4.69, 9.17) is 16.3 Å². The minimum Gasteiger partial charge on any atom is -0.457 e. The van der Waals surface area contributed by atoms with Crippen LogP contribution in [0, 0.1) is 5.82 Å². The molecule has 5 heteroatoms. The third kappa shape index (κ3) is 4.70. The van der Waals surface area contributed by atoms with Crippen molar-refractivity contribution in [2.45, 2.75) is 19.9 Å². The van der Waals surface area contributed by atoms with Gasteiger partial charge in [0.25, 0.3) is 0 Å². The van der Waals surface area contributed by atoms with Gasteiger partial charge < -0.3 is 10.1 Å². The van der Waals surface area contributed by atoms with Crippen LogP contribution >= 0.6 is 27.5 Å². The number of rotatable bonds is 6. The highest BCUT2D eigenvalue weighted by Crippen LogP contribution is 2.30. The molecule has 0 bridgehead atoms. The minimum absolute atomic E-state index is 0.361. The van der Waals surface area contributed by atoms with Crippen LogP contribution in [0.3, 0.4) is 0 Å². The standard InChI is InChI=1S/C16H16BrClFNO/c1-2-7-20-10-11-3-4-12(18)8-16(11)21-13-5-6-14(17)15(19)9-13/h3-6,8-9,20H,2,7,10H2,1H3. The third-order valence-corrected chi connectivity index (χ3v) is 3.77. The maximum Gasteiger partial charge on any atom is 0.141 e. The lowest BCUT2D eigenvalue weighted by Gasteiger charge is -2.12. The lowest BCUT2D eigenvalue weighted by atomic mass is 10.2. The molecule has 1 N–H and O–H groups in total. The highest BCUT2D eigenvalue weighted by molar-refractivity contribution is 9.10. The molecule has 0 saturated carbocycles. The largest absolute Gasteiger partial charge is 0.457 e. The Bertz CT molecular complexity index is 621. The van der Waals surface area contributed by atoms with Crippen LogP contribution in [0.25, 0.3) is 0 Å². The molecule has 0 aliphatic rings. The molecule has 0 radical (unpaired) electrons. The molecule has 112 valence electrons. The first kappa shape index (κ1) is 16.3. The Morgan fingerprint density at radius 1 is 1.24 bits per heavy atom. The monoisotopic (exact) mass is 371 g/mol. The van der Waals surface area contributed by atoms with Crippen LogP contribution in [0.1, 0.15) is 18.9 Å². The molecular weight excluding hydrogens is 357 g/mol. The highest BCUT2D eigenvalue weighted by Gasteiger charge is 2.08. The van der Waals surface area contributed by atoms with Gasteiger partial charge in [0.05, 0.1) is 4.47 Å². The van der Waals surface area contributed by atoms with Gasteiger partial charge in [0, 0.05) is 23.2 Å². The first-order valence-electron chi connectivity index (χ1n) is 6.72. The van der Waals surface area contributed by atoms with E-state index in [-0.39, 0.29) is 5.82 Å². The van der Waals surface area contributed by atoms with Crippen LogP contribution in [-0.2, 0) is 6.54 Å². The fourth-order valence-corrected chi connectivity index (χ4v) is 2.25. The van der Waals surface area contributed by atoms with Crippen molar-refractivity contribution in [3.05, 3.63) is 57.3 Å². The predicted molar refractivity (Wildman–Crippen MR) is 87.6 cm³/mol. The molecular formula is C16H16BrClFNO. The van der Waals surface area contributed by atoms with E-state index in [9.17, 15) is 4.39 Å². The third-order valence-electron chi connectivity index (χ3n) is 2.89. The van der Waals surface area contributed by atoms with Crippen LogP contribution in [0.2, 0.25) is 5.02 Å². The van der Waals surface area contributed by atoms with Crippen LogP contribution in [0.4, 0.5) is 4.39 Å². The summed E-state index contributed by atoms with van der Waals surface area (Å²) >= 11 is 9.14. The highest BCUT2D eigenvalue weighted by atomic mass is 79.9. The minimum atomic E-state index is -0.361. The summed E-state index contributed by atoms with van der Waals surface area (Å²) in [5.41, 5.74) is 0.983. The van der Waals surface area contributed by atoms with E-state index in [1.54, 1.807) is 18.2 Å². The predicted octanol–water partition coefficient (Wildman–Crippen LogP) is 5.53. The van der Waals surface area contributed by atoms with Crippen molar-refractivity contribution in [3.8, 4) is 11.5 Å². The van der Waals surface area contributed by atoms with Crippen molar-refractivity contribution >= 4 is 27.5 Å². The number of ether oxygens (including phenoxy) is 1. The van der Waals surface area contributed by atoms with Gasteiger partial charge in [-0.3, -0.25) is 0 Å². The van der Waals surface area contributed by atoms with Crippen molar-refractivity contribution < 1.29 is 9.13 Å². The lowest BCUT2D eigenvalue weighted by Crippen LogP contribution is -2.14. The Labute approximate surface area is 137 Å². The zero-order valence-corrected chi connectivity index (χ0v) is 14.0. The molecule has 2 nitrogen and oxygen atoms in total. The molecule has 0 amide bonds. The summed E-state index contributed by atoms with van der Waals surface area (Å²) in [5, 5.41) is 3.90. The Balaban J connectivity index is 2.20. The van der Waals surface area contributed by atoms with E-state index in [2.05, 4.69) is 28.2 Å². The van der Waals surface area contributed by atoms with Gasteiger partial charge in [-0.1, -0.05) is 24.6 Å². The Hall–Kier alpha value is -1.10. The maximum absolute atomic E-state index is 13.5. The van der Waals surface area contributed by atoms with Crippen molar-refractivity contribution in [1.29, 1.82) is 0 Å². The van der Waals surface area contributed by atoms with Crippen LogP contribution in [0.15, 0.2) is 40.9 Å². The molecule has 0 aliphatic carbocycles. The second-order valence-electron chi connectivity index (χ2n) is 4.61. The normalized spacial score (nSPS) is 10.7. The topological polar surface area (TPSA) is 21.3 Å². The zero-order chi connectivity index (χ0) is 15.2. The number of benzene rings is 2. The second-order valence-corrected chi connectivity index (χ2v) is 5.90. The summed E-state index contributed by atoms with van der Waals surface area (Å²) in [6.45, 7) is 3.71. The summed E-state index contributed by atoms with van der Waals surface area (Å²) in [5.74, 6) is 0.711. The van der Waals surface area contributed by atoms with Gasteiger partial charge in [0.2, 0.25) is 0 Å². The average molecular weight is 373 g/mol. The van der Waals surface area contributed by atoms with Crippen LogP contribution in [-0.4, -0.2) is 6.54 Å². The molecule has 2 aromatic carbocycles. The average Bonchev–Trinajstić information content (AvgIpc) is 2.45. The maximum atomic E-state index is 13.5. The van der Waals surface area contributed by atoms with Gasteiger partial charge in [-0.15, -0.1) is 0 Å². The first-order valence-corrected chi connectivity index (χ1v) is 7.89. The summed E-state index contributed by atoms with van der Waals surface area (Å²) in [6.07, 6.45) is 1.06. The van der Waals surface area contributed by atoms with Gasteiger partial charge in [-0.05, 0) is 53.2 Å². The van der Waals surface area contributed by atoms with E-state index < -0.39 is 0 Å². The molecule has 0 aliphatic heterocycles. The molecule has 0 aromatic heterocycles. The van der Waals surface area contributed by atoms with Gasteiger partial charge in [-0.2, -0.15) is 0 Å². The molecule has 21 heavy (non-hydrogen) atoms. The number of hydrogen-bond acceptors (Lipinski definition) is 2. The quantitative estimate of drug-likeness (QED) is 0.673. The van der Waals surface area contributed by atoms with Gasteiger partial charge in [0.1, 0.15) is 17.3 Å². The van der Waals surface area contributed by atoms with Gasteiger partial charge in [0.15, 0.2) is 0 Å². The van der Waals surface area contributed by atoms with Crippen LogP contribution < -0.4 is 10.1 Å². The summed E-state index contributed by atoms with van der Waals surface area (Å²) < 4.78 is 19.7. The zero-order valence-electron chi connectivity index (χ0n) is 11.6. The number of nitrogens with one attached hydrogen (secondary N) is 1. The fourth-order valence-electron chi connectivity index (χ4n) is 1.84. The first-order chi connectivity index (χ1) is 10.1. The summed E-state index contributed by atoms with van der Waals surface area (Å²) in [7, 11) is 0. The summed E-state index contributed by atoms with van der Waals surface area (Å²) in [6, 6.07) is 10.1. The molecule has 0 heterocycles. The lowest BCUT2D eigenvalue weighted by molar-refractivity contribution is 0.467. The Morgan fingerprint density at radius 2 is 2.05 bits per heavy atom. The van der Waals surface area contributed by atoms with Gasteiger partial charge >= 0.3 is 0 Å². The second kappa shape index (κ2) is 7.78. The van der Waals surface area contributed by atoms with E-state index >= 15 is 0 Å². The molecule has 0 spiro atoms. The van der Waals surface area contributed by atoms with Crippen LogP contribution in [0.5, 0.6) is 11.5 Å². The molecule has 0 saturated heterocycles. The van der Waals surface area contributed by atoms with E-state index in [1.807, 2.05) is 12.1 Å².